The van der Waals surface area contributed by atoms with Gasteiger partial charge in [-0.3, -0.25) is 15.6 Å². The van der Waals surface area contributed by atoms with Crippen molar-refractivity contribution in [3.8, 4) is 0 Å². The third-order valence-corrected chi connectivity index (χ3v) is 4.62. The lowest BCUT2D eigenvalue weighted by Crippen LogP contribution is -2.30. The van der Waals surface area contributed by atoms with Gasteiger partial charge in [-0.25, -0.2) is 9.97 Å². The van der Waals surface area contributed by atoms with Crippen LogP contribution >= 0.6 is 11.6 Å². The molecule has 2 aromatic carbocycles. The molecule has 0 saturated heterocycles. The van der Waals surface area contributed by atoms with E-state index in [0.29, 0.717) is 27.9 Å². The number of aromatic nitrogens is 2. The quantitative estimate of drug-likeness (QED) is 0.602. The molecule has 0 fully saturated rings. The Morgan fingerprint density at radius 1 is 1.15 bits per heavy atom. The summed E-state index contributed by atoms with van der Waals surface area (Å²) < 4.78 is 0. The van der Waals surface area contributed by atoms with Crippen LogP contribution in [0.3, 0.4) is 0 Å². The van der Waals surface area contributed by atoms with Crippen molar-refractivity contribution in [1.29, 1.82) is 0 Å². The molecule has 0 spiro atoms. The molecule has 0 bridgehead atoms. The largest absolute Gasteiger partial charge is 0.393 e. The van der Waals surface area contributed by atoms with E-state index >= 15 is 0 Å². The minimum Gasteiger partial charge on any atom is -0.393 e. The summed E-state index contributed by atoms with van der Waals surface area (Å²) in [5.41, 5.74) is 14.7. The van der Waals surface area contributed by atoms with E-state index in [1.807, 2.05) is 18.2 Å². The third kappa shape index (κ3) is 3.37. The van der Waals surface area contributed by atoms with Gasteiger partial charge in [0, 0.05) is 22.8 Å². The SMILES string of the molecule is Nc1c(NNC(=O)c2cccc(Cl)c2)ncnc1N1CCc2ccccc21. The van der Waals surface area contributed by atoms with Gasteiger partial charge >= 0.3 is 0 Å². The number of carbonyl (C=O) groups excluding carboxylic acids is 1. The van der Waals surface area contributed by atoms with Crippen LogP contribution in [-0.2, 0) is 6.42 Å². The molecule has 0 aliphatic carbocycles. The number of nitrogens with zero attached hydrogens (tertiary/aromatic N) is 3. The van der Waals surface area contributed by atoms with Crippen LogP contribution in [0.1, 0.15) is 15.9 Å². The van der Waals surface area contributed by atoms with Crippen molar-refractivity contribution in [2.45, 2.75) is 6.42 Å². The number of hydrazine groups is 1. The molecule has 0 atom stereocenters. The molecule has 7 nitrogen and oxygen atoms in total. The summed E-state index contributed by atoms with van der Waals surface area (Å²) >= 11 is 5.92. The van der Waals surface area contributed by atoms with Gasteiger partial charge in [-0.2, -0.15) is 0 Å². The monoisotopic (exact) mass is 380 g/mol. The molecular weight excluding hydrogens is 364 g/mol. The summed E-state index contributed by atoms with van der Waals surface area (Å²) in [5, 5.41) is 0.485. The summed E-state index contributed by atoms with van der Waals surface area (Å²) in [6, 6.07) is 14.8. The van der Waals surface area contributed by atoms with Crippen LogP contribution in [0.25, 0.3) is 0 Å². The number of hydrogen-bond donors (Lipinski definition) is 3. The average Bonchev–Trinajstić information content (AvgIpc) is 3.11. The van der Waals surface area contributed by atoms with Crippen molar-refractivity contribution < 1.29 is 4.79 Å². The zero-order chi connectivity index (χ0) is 18.8. The van der Waals surface area contributed by atoms with E-state index in [0.717, 1.165) is 18.7 Å². The third-order valence-electron chi connectivity index (χ3n) is 4.39. The lowest BCUT2D eigenvalue weighted by molar-refractivity contribution is 0.0962. The van der Waals surface area contributed by atoms with Crippen LogP contribution in [0.5, 0.6) is 0 Å². The Bertz CT molecular complexity index is 1010. The number of halogens is 1. The molecule has 0 radical (unpaired) electrons. The minimum absolute atomic E-state index is 0.333. The van der Waals surface area contributed by atoms with Crippen LogP contribution in [0.2, 0.25) is 5.02 Å². The molecule has 1 aliphatic rings. The molecule has 2 heterocycles. The van der Waals surface area contributed by atoms with Crippen molar-refractivity contribution in [3.63, 3.8) is 0 Å². The number of hydrogen-bond acceptors (Lipinski definition) is 6. The normalized spacial score (nSPS) is 12.6. The topological polar surface area (TPSA) is 96.2 Å². The van der Waals surface area contributed by atoms with E-state index in [1.165, 1.54) is 11.9 Å². The second-order valence-corrected chi connectivity index (χ2v) is 6.52. The second-order valence-electron chi connectivity index (χ2n) is 6.08. The lowest BCUT2D eigenvalue weighted by atomic mass is 10.2. The average molecular weight is 381 g/mol. The number of carbonyl (C=O) groups is 1. The molecule has 27 heavy (non-hydrogen) atoms. The first kappa shape index (κ1) is 17.1. The molecule has 0 saturated carbocycles. The Morgan fingerprint density at radius 2 is 2.00 bits per heavy atom. The summed E-state index contributed by atoms with van der Waals surface area (Å²) in [7, 11) is 0. The fourth-order valence-electron chi connectivity index (χ4n) is 3.08. The summed E-state index contributed by atoms with van der Waals surface area (Å²) in [5.74, 6) is 0.595. The number of rotatable bonds is 4. The van der Waals surface area contributed by atoms with Gasteiger partial charge in [0.15, 0.2) is 11.6 Å². The molecule has 8 heteroatoms. The maximum atomic E-state index is 12.3. The Hall–Kier alpha value is -3.32. The number of fused-ring (bicyclic) bond motifs is 1. The smallest absolute Gasteiger partial charge is 0.269 e. The number of nitrogens with one attached hydrogen (secondary N) is 2. The lowest BCUT2D eigenvalue weighted by Gasteiger charge is -2.21. The van der Waals surface area contributed by atoms with Crippen molar-refractivity contribution in [2.24, 2.45) is 0 Å². The van der Waals surface area contributed by atoms with Gasteiger partial charge in [0.1, 0.15) is 12.0 Å². The van der Waals surface area contributed by atoms with Gasteiger partial charge in [0.2, 0.25) is 0 Å². The molecule has 1 aliphatic heterocycles. The number of amides is 1. The van der Waals surface area contributed by atoms with Crippen LogP contribution in [0, 0.1) is 0 Å². The molecule has 136 valence electrons. The summed E-state index contributed by atoms with van der Waals surface area (Å²) in [6.45, 7) is 0.787. The van der Waals surface area contributed by atoms with E-state index in [4.69, 9.17) is 17.3 Å². The first-order chi connectivity index (χ1) is 13.1. The summed E-state index contributed by atoms with van der Waals surface area (Å²) in [6.07, 6.45) is 2.34. The Labute approximate surface area is 161 Å². The van der Waals surface area contributed by atoms with Gasteiger partial charge < -0.3 is 10.6 Å². The van der Waals surface area contributed by atoms with Gasteiger partial charge in [0.05, 0.1) is 0 Å². The Balaban J connectivity index is 1.54. The van der Waals surface area contributed by atoms with E-state index in [-0.39, 0.29) is 5.91 Å². The predicted molar refractivity (Wildman–Crippen MR) is 106 cm³/mol. The van der Waals surface area contributed by atoms with E-state index in [1.54, 1.807) is 24.3 Å². The van der Waals surface area contributed by atoms with Crippen molar-refractivity contribution in [2.75, 3.05) is 22.6 Å². The Kier molecular flexibility index (Phi) is 4.52. The van der Waals surface area contributed by atoms with Crippen LogP contribution in [0.4, 0.5) is 23.0 Å². The molecule has 1 aromatic heterocycles. The number of para-hydroxylation sites is 1. The zero-order valence-electron chi connectivity index (χ0n) is 14.3. The zero-order valence-corrected chi connectivity index (χ0v) is 15.1. The number of nitrogen functional groups attached to an aromatic ring is 1. The van der Waals surface area contributed by atoms with Crippen molar-refractivity contribution >= 4 is 40.5 Å². The van der Waals surface area contributed by atoms with Gasteiger partial charge in [0.25, 0.3) is 5.91 Å². The molecule has 4 rings (SSSR count). The van der Waals surface area contributed by atoms with Crippen molar-refractivity contribution in [1.82, 2.24) is 15.4 Å². The molecule has 1 amide bonds. The minimum atomic E-state index is -0.344. The van der Waals surface area contributed by atoms with E-state index < -0.39 is 0 Å². The fraction of sp³-hybridized carbons (Fsp3) is 0.105. The predicted octanol–water partition coefficient (Wildman–Crippen LogP) is 3.16. The maximum Gasteiger partial charge on any atom is 0.269 e. The maximum absolute atomic E-state index is 12.3. The molecular formula is C19H17ClN6O. The summed E-state index contributed by atoms with van der Waals surface area (Å²) in [4.78, 5) is 22.8. The number of benzene rings is 2. The molecule has 0 unspecified atom stereocenters. The highest BCUT2D eigenvalue weighted by molar-refractivity contribution is 6.30. The fourth-order valence-corrected chi connectivity index (χ4v) is 3.27. The standard InChI is InChI=1S/C19H17ClN6O/c20-14-6-3-5-13(10-14)19(27)25-24-17-16(21)18(23-11-22-17)26-9-8-12-4-1-2-7-15(12)26/h1-7,10-11H,8-9,21H2,(H,25,27)(H,22,23,24). The van der Waals surface area contributed by atoms with Crippen LogP contribution in [0.15, 0.2) is 54.9 Å². The highest BCUT2D eigenvalue weighted by Gasteiger charge is 2.24. The first-order valence-corrected chi connectivity index (χ1v) is 8.79. The second kappa shape index (κ2) is 7.13. The van der Waals surface area contributed by atoms with Gasteiger partial charge in [-0.15, -0.1) is 0 Å². The first-order valence-electron chi connectivity index (χ1n) is 8.41. The van der Waals surface area contributed by atoms with Crippen LogP contribution < -0.4 is 21.5 Å². The van der Waals surface area contributed by atoms with Gasteiger partial charge in [-0.05, 0) is 36.2 Å². The highest BCUT2D eigenvalue weighted by Crippen LogP contribution is 2.37. The van der Waals surface area contributed by atoms with E-state index in [9.17, 15) is 4.79 Å². The van der Waals surface area contributed by atoms with Gasteiger partial charge in [-0.1, -0.05) is 35.9 Å². The molecule has 4 N–H and O–H groups in total. The van der Waals surface area contributed by atoms with E-state index in [2.05, 4.69) is 31.8 Å². The van der Waals surface area contributed by atoms with Crippen molar-refractivity contribution in [3.05, 3.63) is 71.0 Å². The highest BCUT2D eigenvalue weighted by atomic mass is 35.5. The molecule has 3 aromatic rings. The number of anilines is 4. The van der Waals surface area contributed by atoms with Crippen LogP contribution in [-0.4, -0.2) is 22.4 Å². The number of nitrogens with two attached hydrogens (primary N) is 1. The Morgan fingerprint density at radius 3 is 2.85 bits per heavy atom.